The molecule has 1 aliphatic rings. The van der Waals surface area contributed by atoms with Crippen LogP contribution in [0.3, 0.4) is 0 Å². The van der Waals surface area contributed by atoms with Gasteiger partial charge in [-0.15, -0.1) is 0 Å². The summed E-state index contributed by atoms with van der Waals surface area (Å²) in [5.74, 6) is 0. The van der Waals surface area contributed by atoms with E-state index in [4.69, 9.17) is 19.2 Å². The van der Waals surface area contributed by atoms with E-state index in [0.717, 1.165) is 0 Å². The summed E-state index contributed by atoms with van der Waals surface area (Å²) >= 11 is 0. The topological polar surface area (TPSA) is 0 Å². The zero-order valence-electron chi connectivity index (χ0n) is 46.6. The Bertz CT molecular complexity index is 3930. The molecule has 1 aliphatic carbocycles. The highest BCUT2D eigenvalue weighted by Crippen LogP contribution is 2.49. The summed E-state index contributed by atoms with van der Waals surface area (Å²) in [5.41, 5.74) is -3.35. The van der Waals surface area contributed by atoms with Gasteiger partial charge in [-0.2, -0.15) is 0 Å². The van der Waals surface area contributed by atoms with Crippen LogP contribution in [0.15, 0.2) is 145 Å². The van der Waals surface area contributed by atoms with Gasteiger partial charge in [0.1, 0.15) is 0 Å². The average molecular weight is 594 g/mol. The fraction of sp³-hybridized carbons (Fsp3) is 0.0667. The highest BCUT2D eigenvalue weighted by Gasteiger charge is 2.33. The summed E-state index contributed by atoms with van der Waals surface area (Å²) in [5, 5.41) is -3.21. The zero-order chi connectivity index (χ0) is 49.9. The molecular weight excluding hydrogens is 540 g/mol. The van der Waals surface area contributed by atoms with E-state index in [0.29, 0.717) is 0 Å². The van der Waals surface area contributed by atoms with E-state index in [1.165, 1.54) is 6.07 Å². The van der Waals surface area contributed by atoms with Crippen molar-refractivity contribution in [2.45, 2.75) is 19.3 Å². The Morgan fingerprint density at radius 2 is 0.978 bits per heavy atom. The Hall–Kier alpha value is -5.46. The van der Waals surface area contributed by atoms with Gasteiger partial charge < -0.3 is 0 Å². The number of rotatable bonds is 2. The predicted octanol–water partition coefficient (Wildman–Crippen LogP) is 12.5. The summed E-state index contributed by atoms with van der Waals surface area (Å²) in [4.78, 5) is 0. The Kier molecular flexibility index (Phi) is 2.25. The lowest BCUT2D eigenvalue weighted by Crippen LogP contribution is -2.23. The van der Waals surface area contributed by atoms with Crippen molar-refractivity contribution in [3.05, 3.63) is 156 Å². The lowest BCUT2D eigenvalue weighted by Gasteiger charge is -2.35. The van der Waals surface area contributed by atoms with Crippen LogP contribution in [0.5, 0.6) is 0 Å². The van der Waals surface area contributed by atoms with Gasteiger partial charge in [0.05, 0.1) is 31.5 Å². The molecule has 0 N–H and O–H groups in total. The molecule has 0 fully saturated rings. The predicted molar refractivity (Wildman–Crippen MR) is 194 cm³/mol. The van der Waals surface area contributed by atoms with Crippen molar-refractivity contribution < 1.29 is 31.5 Å². The van der Waals surface area contributed by atoms with E-state index in [-0.39, 0.29) is 65.5 Å². The van der Waals surface area contributed by atoms with Gasteiger partial charge in [0.15, 0.2) is 0 Å². The molecule has 0 aromatic heterocycles. The fourth-order valence-corrected chi connectivity index (χ4v) is 6.52. The largest absolute Gasteiger partial charge is 0.0636 e. The molecule has 0 heteroatoms. The fourth-order valence-electron chi connectivity index (χ4n) is 6.52. The first-order valence-electron chi connectivity index (χ1n) is 25.6. The molecule has 0 nitrogen and oxygen atoms in total. The lowest BCUT2D eigenvalue weighted by molar-refractivity contribution is 0.645. The third-order valence-electron chi connectivity index (χ3n) is 8.67. The molecule has 0 radical (unpaired) electrons. The van der Waals surface area contributed by atoms with Crippen molar-refractivity contribution in [3.63, 3.8) is 0 Å². The van der Waals surface area contributed by atoms with Gasteiger partial charge >= 0.3 is 0 Å². The van der Waals surface area contributed by atoms with Gasteiger partial charge in [-0.25, -0.2) is 0 Å². The zero-order valence-corrected chi connectivity index (χ0v) is 23.6. The van der Waals surface area contributed by atoms with Crippen molar-refractivity contribution in [1.82, 2.24) is 0 Å². The van der Waals surface area contributed by atoms with Gasteiger partial charge in [0, 0.05) is 5.41 Å². The minimum atomic E-state index is -1.40. The SMILES string of the molecule is [2H]c1c(-c2c([2H])c([2H])c3c(-c4c([2H])c([2H])c5c([2H])c([2H])c6c([2H])c([2H])c([2H])c7c([2H])c([2H])c4c5c67)c([2H])c([2H])c([2H])c3c2[2H])cc2c(c1[2H])C(C)(C)c1c([2H])c([2H])c([2H])c3c([2H])c([2H])c([2H])c-2c13. The van der Waals surface area contributed by atoms with Crippen LogP contribution >= 0.6 is 0 Å². The van der Waals surface area contributed by atoms with Crippen molar-refractivity contribution >= 4 is 53.9 Å². The number of hydrogen-bond donors (Lipinski definition) is 0. The van der Waals surface area contributed by atoms with Gasteiger partial charge in [-0.3, -0.25) is 0 Å². The molecular formula is C45H30. The van der Waals surface area contributed by atoms with Crippen LogP contribution < -0.4 is 0 Å². The van der Waals surface area contributed by atoms with Crippen molar-refractivity contribution in [2.75, 3.05) is 0 Å². The van der Waals surface area contributed by atoms with Gasteiger partial charge in [0.25, 0.3) is 0 Å². The van der Waals surface area contributed by atoms with E-state index >= 15 is 0 Å². The maximum atomic E-state index is 9.68. The number of benzene rings is 9. The molecule has 0 heterocycles. The van der Waals surface area contributed by atoms with Crippen LogP contribution in [0.4, 0.5) is 0 Å². The van der Waals surface area contributed by atoms with Crippen LogP contribution in [0.1, 0.15) is 56.5 Å². The summed E-state index contributed by atoms with van der Waals surface area (Å²) < 4.78 is 208. The van der Waals surface area contributed by atoms with Gasteiger partial charge in [0.2, 0.25) is 0 Å². The standard InChI is InChI=1S/C45H30/c1-45(2)40-24-20-32(26-39(40)37-13-4-9-27-10-6-14-41(45)43(27)37)31-19-21-34-33(25-31)11-5-12-35(34)36-22-17-30-16-15-28-7-3-8-29-18-23-38(36)44(30)42(28)29/h3-26H,1-2H3/i3D,4D,5D,6D,7D,8D,9D,10D,11D,12D,13D,14D,15D,16D,17D,18D,19D,20D,21D,22D,23D,24D,25D. The minimum absolute atomic E-state index is 0.0110. The van der Waals surface area contributed by atoms with Crippen LogP contribution in [-0.4, -0.2) is 0 Å². The molecule has 0 bridgehead atoms. The molecule has 210 valence electrons. The van der Waals surface area contributed by atoms with E-state index in [9.17, 15) is 12.3 Å². The van der Waals surface area contributed by atoms with Crippen molar-refractivity contribution in [2.24, 2.45) is 0 Å². The molecule has 0 aliphatic heterocycles. The smallest absolute Gasteiger partial charge is 0.0613 e. The van der Waals surface area contributed by atoms with E-state index < -0.39 is 177 Å². The van der Waals surface area contributed by atoms with Crippen LogP contribution in [-0.2, 0) is 5.41 Å². The Labute approximate surface area is 294 Å². The second-order valence-corrected chi connectivity index (χ2v) is 11.5. The Morgan fingerprint density at radius 3 is 1.80 bits per heavy atom. The molecule has 0 unspecified atom stereocenters. The molecule has 0 spiro atoms. The third kappa shape index (κ3) is 3.37. The molecule has 9 aromatic carbocycles. The third-order valence-corrected chi connectivity index (χ3v) is 8.67. The van der Waals surface area contributed by atoms with Gasteiger partial charge in [-0.05, 0) is 110 Å². The molecule has 0 saturated heterocycles. The van der Waals surface area contributed by atoms with Crippen LogP contribution in [0.25, 0.3) is 87.2 Å². The molecule has 45 heavy (non-hydrogen) atoms. The molecule has 9 aromatic rings. The van der Waals surface area contributed by atoms with E-state index in [2.05, 4.69) is 0 Å². The summed E-state index contributed by atoms with van der Waals surface area (Å²) in [6.45, 7) is 3.20. The highest BCUT2D eigenvalue weighted by molar-refractivity contribution is 6.26. The maximum Gasteiger partial charge on any atom is 0.0636 e. The molecule has 0 saturated carbocycles. The van der Waals surface area contributed by atoms with Crippen LogP contribution in [0, 0.1) is 0 Å². The van der Waals surface area contributed by atoms with E-state index in [1.807, 2.05) is 0 Å². The molecule has 0 atom stereocenters. The Balaban J connectivity index is 1.38. The highest BCUT2D eigenvalue weighted by atomic mass is 14.4. The summed E-state index contributed by atoms with van der Waals surface area (Å²) in [7, 11) is 0. The molecule has 10 rings (SSSR count). The van der Waals surface area contributed by atoms with E-state index in [1.54, 1.807) is 13.8 Å². The lowest BCUT2D eigenvalue weighted by atomic mass is 9.68. The first-order valence-corrected chi connectivity index (χ1v) is 14.1. The summed E-state index contributed by atoms with van der Waals surface area (Å²) in [6, 6.07) is -14.4. The average Bonchev–Trinajstić information content (AvgIpc) is 3.28. The maximum absolute atomic E-state index is 9.68. The van der Waals surface area contributed by atoms with Gasteiger partial charge in [-0.1, -0.05) is 147 Å². The first-order chi connectivity index (χ1) is 31.7. The first kappa shape index (κ1) is 11.5. The second-order valence-electron chi connectivity index (χ2n) is 11.5. The monoisotopic (exact) mass is 593 g/mol. The number of hydrogen-bond acceptors (Lipinski definition) is 0. The normalized spacial score (nSPS) is 20.9. The molecule has 0 amide bonds. The van der Waals surface area contributed by atoms with Crippen molar-refractivity contribution in [1.29, 1.82) is 0 Å². The van der Waals surface area contributed by atoms with Crippen molar-refractivity contribution in [3.8, 4) is 33.4 Å². The summed E-state index contributed by atoms with van der Waals surface area (Å²) in [6.07, 6.45) is 0. The van der Waals surface area contributed by atoms with Crippen LogP contribution in [0.2, 0.25) is 0 Å². The Morgan fingerprint density at radius 1 is 0.400 bits per heavy atom. The minimum Gasteiger partial charge on any atom is -0.0613 e. The quantitative estimate of drug-likeness (QED) is 0.175. The number of fused-ring (bicyclic) bond motifs is 3. The second kappa shape index (κ2) is 8.80.